The smallest absolute Gasteiger partial charge is 0.0622 e. The Kier molecular flexibility index (Phi) is 4.56. The molecule has 1 N–H and O–H groups in total. The van der Waals surface area contributed by atoms with E-state index in [0.29, 0.717) is 0 Å². The number of benzene rings is 1. The average molecular weight is 275 g/mol. The van der Waals surface area contributed by atoms with Gasteiger partial charge in [-0.3, -0.25) is 4.98 Å². The van der Waals surface area contributed by atoms with Crippen LogP contribution < -0.4 is 5.32 Å². The van der Waals surface area contributed by atoms with Crippen LogP contribution in [0.5, 0.6) is 0 Å². The van der Waals surface area contributed by atoms with E-state index in [1.54, 1.807) is 12.4 Å². The number of rotatable bonds is 4. The zero-order valence-corrected chi connectivity index (χ0v) is 12.3. The first-order valence-electron chi connectivity index (χ1n) is 6.44. The molecule has 0 aliphatic carbocycles. The van der Waals surface area contributed by atoms with Crippen molar-refractivity contribution in [1.82, 2.24) is 10.3 Å². The molecule has 1 atom stereocenters. The van der Waals surface area contributed by atoms with Crippen molar-refractivity contribution in [2.45, 2.75) is 26.3 Å². The SMILES string of the molecule is CNC(Cc1ccncc1Cl)c1ccc(C)c(C)c1. The minimum atomic E-state index is 0.263. The molecule has 0 amide bonds. The van der Waals surface area contributed by atoms with Crippen LogP contribution in [-0.4, -0.2) is 12.0 Å². The minimum absolute atomic E-state index is 0.263. The van der Waals surface area contributed by atoms with Gasteiger partial charge in [0.05, 0.1) is 5.02 Å². The molecule has 1 heterocycles. The lowest BCUT2D eigenvalue weighted by Crippen LogP contribution is -2.19. The Labute approximate surface area is 119 Å². The Bertz CT molecular complexity index is 566. The van der Waals surface area contributed by atoms with Crippen LogP contribution in [0.4, 0.5) is 0 Å². The maximum absolute atomic E-state index is 6.18. The van der Waals surface area contributed by atoms with E-state index in [2.05, 4.69) is 42.3 Å². The number of hydrogen-bond donors (Lipinski definition) is 1. The van der Waals surface area contributed by atoms with Gasteiger partial charge in [-0.05, 0) is 55.6 Å². The fraction of sp³-hybridized carbons (Fsp3) is 0.312. The third-order valence-corrected chi connectivity index (χ3v) is 3.90. The van der Waals surface area contributed by atoms with E-state index >= 15 is 0 Å². The second-order valence-electron chi connectivity index (χ2n) is 4.86. The van der Waals surface area contributed by atoms with Crippen LogP contribution in [0.2, 0.25) is 5.02 Å². The van der Waals surface area contributed by atoms with Crippen LogP contribution in [0.25, 0.3) is 0 Å². The van der Waals surface area contributed by atoms with Gasteiger partial charge in [-0.15, -0.1) is 0 Å². The zero-order valence-electron chi connectivity index (χ0n) is 11.6. The number of halogens is 1. The molecule has 0 aliphatic rings. The number of likely N-dealkylation sites (N-methyl/N-ethyl adjacent to an activating group) is 1. The minimum Gasteiger partial charge on any atom is -0.313 e. The Morgan fingerprint density at radius 1 is 1.21 bits per heavy atom. The van der Waals surface area contributed by atoms with Crippen LogP contribution in [0.15, 0.2) is 36.7 Å². The molecule has 1 unspecified atom stereocenters. The van der Waals surface area contributed by atoms with Crippen molar-refractivity contribution >= 4 is 11.6 Å². The number of nitrogens with one attached hydrogen (secondary N) is 1. The Balaban J connectivity index is 2.25. The van der Waals surface area contributed by atoms with Crippen molar-refractivity contribution in [2.75, 3.05) is 7.05 Å². The monoisotopic (exact) mass is 274 g/mol. The van der Waals surface area contributed by atoms with Crippen LogP contribution in [0, 0.1) is 13.8 Å². The molecule has 0 radical (unpaired) electrons. The van der Waals surface area contributed by atoms with Crippen LogP contribution >= 0.6 is 11.6 Å². The van der Waals surface area contributed by atoms with E-state index in [1.807, 2.05) is 13.1 Å². The zero-order chi connectivity index (χ0) is 13.8. The highest BCUT2D eigenvalue weighted by Gasteiger charge is 2.12. The molecule has 1 aromatic heterocycles. The highest BCUT2D eigenvalue weighted by atomic mass is 35.5. The summed E-state index contributed by atoms with van der Waals surface area (Å²) in [6.45, 7) is 4.28. The highest BCUT2D eigenvalue weighted by Crippen LogP contribution is 2.24. The van der Waals surface area contributed by atoms with Gasteiger partial charge in [-0.2, -0.15) is 0 Å². The summed E-state index contributed by atoms with van der Waals surface area (Å²) in [5.74, 6) is 0. The predicted molar refractivity (Wildman–Crippen MR) is 80.7 cm³/mol. The standard InChI is InChI=1S/C16H19ClN2/c1-11-4-5-14(8-12(11)2)16(18-3)9-13-6-7-19-10-15(13)17/h4-8,10,16,18H,9H2,1-3H3. The fourth-order valence-corrected chi connectivity index (χ4v) is 2.35. The maximum Gasteiger partial charge on any atom is 0.0622 e. The van der Waals surface area contributed by atoms with Gasteiger partial charge >= 0.3 is 0 Å². The molecule has 0 spiro atoms. The van der Waals surface area contributed by atoms with Gasteiger partial charge in [0.1, 0.15) is 0 Å². The van der Waals surface area contributed by atoms with E-state index in [4.69, 9.17) is 11.6 Å². The molecule has 0 saturated carbocycles. The Morgan fingerprint density at radius 2 is 2.00 bits per heavy atom. The van der Waals surface area contributed by atoms with Gasteiger partial charge in [0.25, 0.3) is 0 Å². The molecule has 19 heavy (non-hydrogen) atoms. The van der Waals surface area contributed by atoms with Gasteiger partial charge in [0.15, 0.2) is 0 Å². The molecule has 3 heteroatoms. The van der Waals surface area contributed by atoms with Gasteiger partial charge in [-0.1, -0.05) is 29.8 Å². The molecular weight excluding hydrogens is 256 g/mol. The average Bonchev–Trinajstić information content (AvgIpc) is 2.41. The summed E-state index contributed by atoms with van der Waals surface area (Å²) < 4.78 is 0. The molecule has 0 saturated heterocycles. The second-order valence-corrected chi connectivity index (χ2v) is 5.26. The summed E-state index contributed by atoms with van der Waals surface area (Å²) >= 11 is 6.18. The summed E-state index contributed by atoms with van der Waals surface area (Å²) in [7, 11) is 1.98. The molecule has 0 aliphatic heterocycles. The van der Waals surface area contributed by atoms with Gasteiger partial charge in [-0.25, -0.2) is 0 Å². The van der Waals surface area contributed by atoms with E-state index in [1.165, 1.54) is 16.7 Å². The summed E-state index contributed by atoms with van der Waals surface area (Å²) in [5.41, 5.74) is 5.05. The number of nitrogens with zero attached hydrogens (tertiary/aromatic N) is 1. The Morgan fingerprint density at radius 3 is 2.63 bits per heavy atom. The molecule has 2 aromatic rings. The van der Waals surface area contributed by atoms with E-state index in [9.17, 15) is 0 Å². The quantitative estimate of drug-likeness (QED) is 0.916. The summed E-state index contributed by atoms with van der Waals surface area (Å²) in [6.07, 6.45) is 4.35. The maximum atomic E-state index is 6.18. The molecule has 100 valence electrons. The lowest BCUT2D eigenvalue weighted by atomic mass is 9.96. The van der Waals surface area contributed by atoms with Gasteiger partial charge in [0, 0.05) is 18.4 Å². The lowest BCUT2D eigenvalue weighted by molar-refractivity contribution is 0.591. The third-order valence-electron chi connectivity index (χ3n) is 3.56. The van der Waals surface area contributed by atoms with Crippen molar-refractivity contribution in [3.05, 3.63) is 63.9 Å². The number of aryl methyl sites for hydroxylation is 2. The number of pyridine rings is 1. The normalized spacial score (nSPS) is 12.4. The second kappa shape index (κ2) is 6.18. The summed E-state index contributed by atoms with van der Waals surface area (Å²) in [5, 5.41) is 4.09. The van der Waals surface area contributed by atoms with Gasteiger partial charge in [0.2, 0.25) is 0 Å². The van der Waals surface area contributed by atoms with Crippen molar-refractivity contribution in [3.8, 4) is 0 Å². The lowest BCUT2D eigenvalue weighted by Gasteiger charge is -2.18. The van der Waals surface area contributed by atoms with Gasteiger partial charge < -0.3 is 5.32 Å². The van der Waals surface area contributed by atoms with E-state index in [-0.39, 0.29) is 6.04 Å². The van der Waals surface area contributed by atoms with Crippen molar-refractivity contribution in [3.63, 3.8) is 0 Å². The van der Waals surface area contributed by atoms with E-state index < -0.39 is 0 Å². The Hall–Kier alpha value is -1.38. The summed E-state index contributed by atoms with van der Waals surface area (Å²) in [4.78, 5) is 4.02. The molecule has 2 nitrogen and oxygen atoms in total. The fourth-order valence-electron chi connectivity index (χ4n) is 2.16. The number of aromatic nitrogens is 1. The third kappa shape index (κ3) is 3.34. The molecule has 0 bridgehead atoms. The first kappa shape index (κ1) is 14.0. The molecule has 1 aromatic carbocycles. The first-order valence-corrected chi connectivity index (χ1v) is 6.82. The first-order chi connectivity index (χ1) is 9.11. The van der Waals surface area contributed by atoms with Crippen molar-refractivity contribution in [2.24, 2.45) is 0 Å². The van der Waals surface area contributed by atoms with E-state index in [0.717, 1.165) is 17.0 Å². The topological polar surface area (TPSA) is 24.9 Å². The molecule has 0 fully saturated rings. The van der Waals surface area contributed by atoms with Crippen molar-refractivity contribution < 1.29 is 0 Å². The molecule has 2 rings (SSSR count). The highest BCUT2D eigenvalue weighted by molar-refractivity contribution is 6.31. The van der Waals surface area contributed by atoms with Crippen molar-refractivity contribution in [1.29, 1.82) is 0 Å². The number of hydrogen-bond acceptors (Lipinski definition) is 2. The van der Waals surface area contributed by atoms with Crippen LogP contribution in [0.1, 0.15) is 28.3 Å². The molecular formula is C16H19ClN2. The predicted octanol–water partition coefficient (Wildman–Crippen LogP) is 3.86. The summed E-state index contributed by atoms with van der Waals surface area (Å²) in [6, 6.07) is 8.83. The van der Waals surface area contributed by atoms with Crippen LogP contribution in [0.3, 0.4) is 0 Å². The largest absolute Gasteiger partial charge is 0.313 e. The van der Waals surface area contributed by atoms with Crippen LogP contribution in [-0.2, 0) is 6.42 Å².